The topological polar surface area (TPSA) is 39.8 Å². The summed E-state index contributed by atoms with van der Waals surface area (Å²) >= 11 is 0. The van der Waals surface area contributed by atoms with Crippen LogP contribution in [-0.2, 0) is 12.0 Å². The second-order valence-corrected chi connectivity index (χ2v) is 6.32. The van der Waals surface area contributed by atoms with Crippen molar-refractivity contribution < 1.29 is 0 Å². The fourth-order valence-corrected chi connectivity index (χ4v) is 3.33. The molecule has 0 amide bonds. The predicted octanol–water partition coefficient (Wildman–Crippen LogP) is 2.99. The van der Waals surface area contributed by atoms with Gasteiger partial charge in [0.25, 0.3) is 0 Å². The van der Waals surface area contributed by atoms with Gasteiger partial charge in [0.05, 0.1) is 11.2 Å². The van der Waals surface area contributed by atoms with Gasteiger partial charge in [0.15, 0.2) is 5.82 Å². The molecule has 0 N–H and O–H groups in total. The lowest BCUT2D eigenvalue weighted by molar-refractivity contribution is 0.289. The zero-order chi connectivity index (χ0) is 15.3. The molecular weight excluding hydrogens is 274 g/mol. The lowest BCUT2D eigenvalue weighted by Gasteiger charge is -2.35. The molecule has 0 radical (unpaired) electrons. The Hall–Kier alpha value is -2.62. The number of hydrogen-bond donors (Lipinski definition) is 0. The summed E-state index contributed by atoms with van der Waals surface area (Å²) in [6.07, 6.45) is 0.874. The molecular formula is C18H17N3O. The molecule has 110 valence electrons. The van der Waals surface area contributed by atoms with Crippen LogP contribution in [0.3, 0.4) is 0 Å². The molecule has 22 heavy (non-hydrogen) atoms. The molecule has 4 heteroatoms. The van der Waals surface area contributed by atoms with Crippen LogP contribution in [0.4, 0.5) is 0 Å². The van der Waals surface area contributed by atoms with E-state index in [1.54, 1.807) is 4.68 Å². The molecule has 1 aromatic heterocycles. The Balaban J connectivity index is 2.08. The van der Waals surface area contributed by atoms with Crippen LogP contribution in [0.5, 0.6) is 0 Å². The fourth-order valence-electron chi connectivity index (χ4n) is 3.33. The largest absolute Gasteiger partial charge is 0.369 e. The number of rotatable bonds is 1. The first-order valence-corrected chi connectivity index (χ1v) is 7.44. The van der Waals surface area contributed by atoms with Gasteiger partial charge in [-0.15, -0.1) is 0 Å². The zero-order valence-corrected chi connectivity index (χ0v) is 12.7. The van der Waals surface area contributed by atoms with Gasteiger partial charge in [-0.25, -0.2) is 4.79 Å². The summed E-state index contributed by atoms with van der Waals surface area (Å²) in [4.78, 5) is 16.9. The standard InChI is InChI=1S/C18H17N3O/c1-18(2)12-13-8-6-7-11-15(13)16-19-17(22)20(21(16)18)14-9-4-3-5-10-14/h3-11H,12H2,1-2H3. The molecule has 0 saturated heterocycles. The van der Waals surface area contributed by atoms with E-state index >= 15 is 0 Å². The predicted molar refractivity (Wildman–Crippen MR) is 86.3 cm³/mol. The van der Waals surface area contributed by atoms with Gasteiger partial charge >= 0.3 is 5.69 Å². The summed E-state index contributed by atoms with van der Waals surface area (Å²) in [5.41, 5.74) is 2.69. The first kappa shape index (κ1) is 13.1. The maximum atomic E-state index is 12.5. The average molecular weight is 291 g/mol. The van der Waals surface area contributed by atoms with E-state index in [4.69, 9.17) is 0 Å². The normalized spacial score (nSPS) is 15.2. The van der Waals surface area contributed by atoms with Gasteiger partial charge in [-0.2, -0.15) is 9.67 Å². The zero-order valence-electron chi connectivity index (χ0n) is 12.7. The van der Waals surface area contributed by atoms with E-state index in [9.17, 15) is 4.79 Å². The van der Waals surface area contributed by atoms with Crippen molar-refractivity contribution in [1.82, 2.24) is 14.3 Å². The van der Waals surface area contributed by atoms with E-state index in [1.807, 2.05) is 53.2 Å². The molecule has 4 nitrogen and oxygen atoms in total. The lowest BCUT2D eigenvalue weighted by Crippen LogP contribution is -2.38. The Morgan fingerprint density at radius 3 is 2.45 bits per heavy atom. The second kappa shape index (κ2) is 4.44. The van der Waals surface area contributed by atoms with Crippen molar-refractivity contribution in [3.8, 4) is 17.1 Å². The van der Waals surface area contributed by atoms with Gasteiger partial charge in [-0.3, -0.25) is 4.68 Å². The highest BCUT2D eigenvalue weighted by molar-refractivity contribution is 5.63. The van der Waals surface area contributed by atoms with Crippen LogP contribution in [-0.4, -0.2) is 14.3 Å². The quantitative estimate of drug-likeness (QED) is 0.691. The molecule has 0 unspecified atom stereocenters. The highest BCUT2D eigenvalue weighted by Gasteiger charge is 2.34. The molecule has 0 bridgehead atoms. The summed E-state index contributed by atoms with van der Waals surface area (Å²) in [5, 5.41) is 0. The minimum Gasteiger partial charge on any atom is -0.253 e. The number of benzene rings is 2. The van der Waals surface area contributed by atoms with Crippen LogP contribution in [0.1, 0.15) is 19.4 Å². The van der Waals surface area contributed by atoms with Crippen molar-refractivity contribution in [1.29, 1.82) is 0 Å². The molecule has 3 aromatic rings. The van der Waals surface area contributed by atoms with E-state index in [0.29, 0.717) is 0 Å². The van der Waals surface area contributed by atoms with Crippen molar-refractivity contribution in [2.45, 2.75) is 25.8 Å². The van der Waals surface area contributed by atoms with E-state index in [2.05, 4.69) is 24.9 Å². The molecule has 0 spiro atoms. The van der Waals surface area contributed by atoms with Crippen molar-refractivity contribution in [2.24, 2.45) is 0 Å². The van der Waals surface area contributed by atoms with Gasteiger partial charge in [0.2, 0.25) is 0 Å². The number of aromatic nitrogens is 3. The van der Waals surface area contributed by atoms with Crippen molar-refractivity contribution in [3.05, 3.63) is 70.6 Å². The van der Waals surface area contributed by atoms with Crippen LogP contribution in [0.15, 0.2) is 59.4 Å². The van der Waals surface area contributed by atoms with Gasteiger partial charge in [0, 0.05) is 5.56 Å². The highest BCUT2D eigenvalue weighted by Crippen LogP contribution is 2.36. The van der Waals surface area contributed by atoms with Crippen LogP contribution in [0.2, 0.25) is 0 Å². The smallest absolute Gasteiger partial charge is 0.253 e. The summed E-state index contributed by atoms with van der Waals surface area (Å²) in [5.74, 6) is 0.751. The summed E-state index contributed by atoms with van der Waals surface area (Å²) in [7, 11) is 0. The van der Waals surface area contributed by atoms with Crippen molar-refractivity contribution in [2.75, 3.05) is 0 Å². The minimum absolute atomic E-state index is 0.213. The third kappa shape index (κ3) is 1.77. The number of fused-ring (bicyclic) bond motifs is 3. The van der Waals surface area contributed by atoms with Gasteiger partial charge in [-0.1, -0.05) is 42.5 Å². The summed E-state index contributed by atoms with van der Waals surface area (Å²) in [6.45, 7) is 4.29. The van der Waals surface area contributed by atoms with E-state index in [-0.39, 0.29) is 11.2 Å². The first-order chi connectivity index (χ1) is 10.6. The van der Waals surface area contributed by atoms with Crippen molar-refractivity contribution in [3.63, 3.8) is 0 Å². The molecule has 0 saturated carbocycles. The summed E-state index contributed by atoms with van der Waals surface area (Å²) in [6, 6.07) is 17.9. The first-order valence-electron chi connectivity index (χ1n) is 7.44. The van der Waals surface area contributed by atoms with Gasteiger partial charge in [-0.05, 0) is 38.0 Å². The average Bonchev–Trinajstić information content (AvgIpc) is 2.86. The minimum atomic E-state index is -0.231. The van der Waals surface area contributed by atoms with Crippen LogP contribution in [0, 0.1) is 0 Å². The lowest BCUT2D eigenvalue weighted by atomic mass is 9.88. The number of hydrogen-bond acceptors (Lipinski definition) is 2. The maximum absolute atomic E-state index is 12.5. The molecule has 0 fully saturated rings. The van der Waals surface area contributed by atoms with Gasteiger partial charge in [0.1, 0.15) is 0 Å². The number of para-hydroxylation sites is 1. The monoisotopic (exact) mass is 291 g/mol. The SMILES string of the molecule is CC1(C)Cc2ccccc2-c2nc(=O)n(-c3ccccc3)n21. The summed E-state index contributed by atoms with van der Waals surface area (Å²) < 4.78 is 3.72. The third-order valence-corrected chi connectivity index (χ3v) is 4.24. The Kier molecular flexibility index (Phi) is 2.64. The maximum Gasteiger partial charge on any atom is 0.369 e. The second-order valence-electron chi connectivity index (χ2n) is 6.32. The highest BCUT2D eigenvalue weighted by atomic mass is 16.2. The number of nitrogens with zero attached hydrogens (tertiary/aromatic N) is 3. The fraction of sp³-hybridized carbons (Fsp3) is 0.222. The molecule has 1 aliphatic rings. The molecule has 0 aliphatic carbocycles. The van der Waals surface area contributed by atoms with Crippen LogP contribution >= 0.6 is 0 Å². The van der Waals surface area contributed by atoms with Crippen LogP contribution < -0.4 is 5.69 Å². The van der Waals surface area contributed by atoms with Crippen LogP contribution in [0.25, 0.3) is 17.1 Å². The molecule has 4 rings (SSSR count). The van der Waals surface area contributed by atoms with E-state index in [1.165, 1.54) is 5.56 Å². The molecule has 2 aromatic carbocycles. The van der Waals surface area contributed by atoms with E-state index < -0.39 is 0 Å². The molecule has 0 atom stereocenters. The molecule has 2 heterocycles. The van der Waals surface area contributed by atoms with E-state index in [0.717, 1.165) is 23.5 Å². The Morgan fingerprint density at radius 2 is 1.68 bits per heavy atom. The Morgan fingerprint density at radius 1 is 1.00 bits per heavy atom. The Labute approximate surface area is 128 Å². The van der Waals surface area contributed by atoms with Crippen molar-refractivity contribution >= 4 is 0 Å². The Bertz CT molecular complexity index is 904. The molecule has 1 aliphatic heterocycles. The third-order valence-electron chi connectivity index (χ3n) is 4.24. The van der Waals surface area contributed by atoms with Gasteiger partial charge < -0.3 is 0 Å².